The molecular weight excluding hydrogens is 194 g/mol. The summed E-state index contributed by atoms with van der Waals surface area (Å²) in [4.78, 5) is 6.88. The van der Waals surface area contributed by atoms with Gasteiger partial charge in [-0.2, -0.15) is 0 Å². The monoisotopic (exact) mass is 211 g/mol. The fraction of sp³-hybridized carbons (Fsp3) is 0.700. The minimum atomic E-state index is 0.694. The number of thiazole rings is 1. The molecule has 1 N–H and O–H groups in total. The van der Waals surface area contributed by atoms with E-state index < -0.39 is 0 Å². The van der Waals surface area contributed by atoms with Crippen molar-refractivity contribution in [1.29, 1.82) is 0 Å². The summed E-state index contributed by atoms with van der Waals surface area (Å²) >= 11 is 1.76. The van der Waals surface area contributed by atoms with Crippen LogP contribution in [0.2, 0.25) is 0 Å². The molecule has 1 aromatic rings. The van der Waals surface area contributed by atoms with Gasteiger partial charge in [-0.1, -0.05) is 0 Å². The average molecular weight is 211 g/mol. The maximum absolute atomic E-state index is 4.48. The van der Waals surface area contributed by atoms with Gasteiger partial charge in [-0.3, -0.25) is 4.90 Å². The molecule has 1 aliphatic heterocycles. The van der Waals surface area contributed by atoms with Gasteiger partial charge < -0.3 is 5.32 Å². The Kier molecular flexibility index (Phi) is 3.15. The number of likely N-dealkylation sites (N-methyl/N-ethyl adjacent to an activating group) is 1. The normalized spacial score (nSPS) is 22.1. The third kappa shape index (κ3) is 2.32. The van der Waals surface area contributed by atoms with Gasteiger partial charge >= 0.3 is 0 Å². The van der Waals surface area contributed by atoms with E-state index in [9.17, 15) is 0 Å². The van der Waals surface area contributed by atoms with Gasteiger partial charge in [0.1, 0.15) is 5.01 Å². The molecule has 3 nitrogen and oxygen atoms in total. The molecule has 1 aliphatic rings. The second-order valence-electron chi connectivity index (χ2n) is 3.94. The van der Waals surface area contributed by atoms with Gasteiger partial charge in [0, 0.05) is 23.7 Å². The van der Waals surface area contributed by atoms with Crippen LogP contribution in [0.5, 0.6) is 0 Å². The summed E-state index contributed by atoms with van der Waals surface area (Å²) in [5.74, 6) is 0. The number of aryl methyl sites for hydroxylation is 1. The highest BCUT2D eigenvalue weighted by molar-refractivity contribution is 7.09. The fourth-order valence-electron chi connectivity index (χ4n) is 1.83. The summed E-state index contributed by atoms with van der Waals surface area (Å²) in [7, 11) is 2.19. The Balaban J connectivity index is 1.90. The lowest BCUT2D eigenvalue weighted by Crippen LogP contribution is -2.32. The third-order valence-electron chi connectivity index (χ3n) is 2.71. The van der Waals surface area contributed by atoms with Crippen LogP contribution in [-0.4, -0.2) is 36.1 Å². The molecule has 0 radical (unpaired) electrons. The molecule has 0 saturated carbocycles. The van der Waals surface area contributed by atoms with Crippen LogP contribution in [0.3, 0.4) is 0 Å². The van der Waals surface area contributed by atoms with Crippen molar-refractivity contribution in [3.63, 3.8) is 0 Å². The minimum Gasteiger partial charge on any atom is -0.315 e. The summed E-state index contributed by atoms with van der Waals surface area (Å²) < 4.78 is 0. The minimum absolute atomic E-state index is 0.694. The molecule has 1 unspecified atom stereocenters. The molecule has 0 amide bonds. The van der Waals surface area contributed by atoms with E-state index in [-0.39, 0.29) is 0 Å². The van der Waals surface area contributed by atoms with E-state index >= 15 is 0 Å². The molecule has 2 rings (SSSR count). The van der Waals surface area contributed by atoms with Crippen LogP contribution in [0.1, 0.15) is 17.1 Å². The van der Waals surface area contributed by atoms with Crippen molar-refractivity contribution in [2.45, 2.75) is 25.9 Å². The largest absolute Gasteiger partial charge is 0.315 e. The van der Waals surface area contributed by atoms with E-state index in [2.05, 4.69) is 34.6 Å². The zero-order valence-electron chi connectivity index (χ0n) is 8.79. The van der Waals surface area contributed by atoms with Crippen molar-refractivity contribution >= 4 is 11.3 Å². The SMILES string of the molecule is Cc1csc(CN(C)C2CCNC2)n1. The third-order valence-corrected chi connectivity index (χ3v) is 3.66. The van der Waals surface area contributed by atoms with Crippen molar-refractivity contribution in [3.8, 4) is 0 Å². The predicted octanol–water partition coefficient (Wildman–Crippen LogP) is 1.25. The van der Waals surface area contributed by atoms with Crippen molar-refractivity contribution in [2.24, 2.45) is 0 Å². The first-order chi connectivity index (χ1) is 6.75. The van der Waals surface area contributed by atoms with Gasteiger partial charge in [0.05, 0.1) is 6.54 Å². The summed E-state index contributed by atoms with van der Waals surface area (Å²) in [6.07, 6.45) is 1.26. The molecule has 0 bridgehead atoms. The summed E-state index contributed by atoms with van der Waals surface area (Å²) in [6.45, 7) is 5.33. The van der Waals surface area contributed by atoms with Crippen LogP contribution in [0.25, 0.3) is 0 Å². The number of hydrogen-bond acceptors (Lipinski definition) is 4. The first-order valence-corrected chi connectivity index (χ1v) is 5.95. The zero-order chi connectivity index (χ0) is 9.97. The average Bonchev–Trinajstić information content (AvgIpc) is 2.75. The summed E-state index contributed by atoms with van der Waals surface area (Å²) in [5, 5.41) is 6.74. The molecular formula is C10H17N3S. The van der Waals surface area contributed by atoms with Crippen LogP contribution >= 0.6 is 11.3 Å². The molecule has 78 valence electrons. The highest BCUT2D eigenvalue weighted by atomic mass is 32.1. The molecule has 4 heteroatoms. The molecule has 1 atom stereocenters. The van der Waals surface area contributed by atoms with E-state index in [0.29, 0.717) is 6.04 Å². The number of hydrogen-bond donors (Lipinski definition) is 1. The second-order valence-corrected chi connectivity index (χ2v) is 4.89. The first-order valence-electron chi connectivity index (χ1n) is 5.07. The van der Waals surface area contributed by atoms with E-state index in [1.54, 1.807) is 11.3 Å². The van der Waals surface area contributed by atoms with Gasteiger partial charge in [-0.05, 0) is 26.9 Å². The highest BCUT2D eigenvalue weighted by Crippen LogP contribution is 2.14. The summed E-state index contributed by atoms with van der Waals surface area (Å²) in [6, 6.07) is 0.694. The highest BCUT2D eigenvalue weighted by Gasteiger charge is 2.19. The number of nitrogens with zero attached hydrogens (tertiary/aromatic N) is 2. The number of rotatable bonds is 3. The van der Waals surface area contributed by atoms with Crippen molar-refractivity contribution in [1.82, 2.24) is 15.2 Å². The molecule has 2 heterocycles. The molecule has 14 heavy (non-hydrogen) atoms. The van der Waals surface area contributed by atoms with E-state index in [0.717, 1.165) is 25.3 Å². The first kappa shape index (κ1) is 10.1. The standard InChI is InChI=1S/C10H17N3S/c1-8-7-14-10(12-8)6-13(2)9-3-4-11-5-9/h7,9,11H,3-6H2,1-2H3. The van der Waals surface area contributed by atoms with Gasteiger partial charge in [-0.25, -0.2) is 4.98 Å². The van der Waals surface area contributed by atoms with Crippen LogP contribution in [0, 0.1) is 6.92 Å². The summed E-state index contributed by atoms with van der Waals surface area (Å²) in [5.41, 5.74) is 1.14. The maximum Gasteiger partial charge on any atom is 0.107 e. The Hall–Kier alpha value is -0.450. The molecule has 0 spiro atoms. The maximum atomic E-state index is 4.48. The van der Waals surface area contributed by atoms with E-state index in [1.165, 1.54) is 11.4 Å². The smallest absolute Gasteiger partial charge is 0.107 e. The van der Waals surface area contributed by atoms with Crippen molar-refractivity contribution in [2.75, 3.05) is 20.1 Å². The van der Waals surface area contributed by atoms with Gasteiger partial charge in [0.15, 0.2) is 0 Å². The Labute approximate surface area is 89.1 Å². The molecule has 0 aliphatic carbocycles. The van der Waals surface area contributed by atoms with Gasteiger partial charge in [0.2, 0.25) is 0 Å². The number of nitrogens with one attached hydrogen (secondary N) is 1. The van der Waals surface area contributed by atoms with Crippen molar-refractivity contribution < 1.29 is 0 Å². The molecule has 1 fully saturated rings. The number of aromatic nitrogens is 1. The van der Waals surface area contributed by atoms with Crippen LogP contribution in [0.4, 0.5) is 0 Å². The topological polar surface area (TPSA) is 28.2 Å². The Morgan fingerprint density at radius 2 is 2.57 bits per heavy atom. The zero-order valence-corrected chi connectivity index (χ0v) is 9.60. The van der Waals surface area contributed by atoms with Crippen LogP contribution in [0.15, 0.2) is 5.38 Å². The van der Waals surface area contributed by atoms with Crippen LogP contribution in [-0.2, 0) is 6.54 Å². The molecule has 1 aromatic heterocycles. The van der Waals surface area contributed by atoms with Gasteiger partial charge in [0.25, 0.3) is 0 Å². The lowest BCUT2D eigenvalue weighted by Gasteiger charge is -2.21. The molecule has 1 saturated heterocycles. The Morgan fingerprint density at radius 3 is 3.14 bits per heavy atom. The lowest BCUT2D eigenvalue weighted by molar-refractivity contribution is 0.248. The molecule has 0 aromatic carbocycles. The predicted molar refractivity (Wildman–Crippen MR) is 59.6 cm³/mol. The fourth-order valence-corrected chi connectivity index (χ4v) is 2.67. The van der Waals surface area contributed by atoms with E-state index in [1.807, 2.05) is 0 Å². The second kappa shape index (κ2) is 4.38. The Morgan fingerprint density at radius 1 is 1.71 bits per heavy atom. The van der Waals surface area contributed by atoms with Crippen molar-refractivity contribution in [3.05, 3.63) is 16.1 Å². The van der Waals surface area contributed by atoms with E-state index in [4.69, 9.17) is 0 Å². The quantitative estimate of drug-likeness (QED) is 0.815. The van der Waals surface area contributed by atoms with Gasteiger partial charge in [-0.15, -0.1) is 11.3 Å². The lowest BCUT2D eigenvalue weighted by atomic mass is 10.2. The van der Waals surface area contributed by atoms with Crippen LogP contribution < -0.4 is 5.32 Å². The Bertz CT molecular complexity index is 291.